The first-order chi connectivity index (χ1) is 9.25. The van der Waals surface area contributed by atoms with Crippen LogP contribution < -0.4 is 0 Å². The zero-order valence-corrected chi connectivity index (χ0v) is 10.1. The summed E-state index contributed by atoms with van der Waals surface area (Å²) in [5.74, 6) is 0. The molecule has 0 heterocycles. The fourth-order valence-corrected chi connectivity index (χ4v) is 2.41. The van der Waals surface area contributed by atoms with Crippen molar-refractivity contribution in [3.05, 3.63) is 60.2 Å². The summed E-state index contributed by atoms with van der Waals surface area (Å²) in [6.45, 7) is -2.84. The number of alkyl halides is 2. The van der Waals surface area contributed by atoms with Crippen molar-refractivity contribution in [2.75, 3.05) is 0 Å². The minimum atomic E-state index is -2.75. The summed E-state index contributed by atoms with van der Waals surface area (Å²) in [5.41, 5.74) is 0.814. The summed E-state index contributed by atoms with van der Waals surface area (Å²) in [4.78, 5) is 0. The van der Waals surface area contributed by atoms with E-state index in [4.69, 9.17) is 0 Å². The quantitative estimate of drug-likeness (QED) is 0.617. The van der Waals surface area contributed by atoms with E-state index in [0.717, 1.165) is 27.1 Å². The number of hydrogen-bond acceptors (Lipinski definition) is 1. The number of halogens is 2. The number of fused-ring (bicyclic) bond motifs is 2. The first-order valence-corrected chi connectivity index (χ1v) is 6.05. The van der Waals surface area contributed by atoms with Gasteiger partial charge >= 0.3 is 6.61 Å². The molecule has 3 aromatic rings. The van der Waals surface area contributed by atoms with E-state index in [9.17, 15) is 8.78 Å². The Kier molecular flexibility index (Phi) is 3.13. The normalized spacial score (nSPS) is 11.5. The molecule has 0 atom stereocenters. The monoisotopic (exact) mass is 258 g/mol. The lowest BCUT2D eigenvalue weighted by Crippen LogP contribution is -2.00. The maximum atomic E-state index is 12.3. The van der Waals surface area contributed by atoms with Gasteiger partial charge < -0.3 is 4.74 Å². The van der Waals surface area contributed by atoms with Gasteiger partial charge in [0.05, 0.1) is 6.61 Å². The van der Waals surface area contributed by atoms with Crippen LogP contribution in [0.1, 0.15) is 5.56 Å². The van der Waals surface area contributed by atoms with E-state index in [1.165, 1.54) is 0 Å². The van der Waals surface area contributed by atoms with Crippen LogP contribution in [0.2, 0.25) is 0 Å². The van der Waals surface area contributed by atoms with Crippen LogP contribution in [0.25, 0.3) is 21.5 Å². The SMILES string of the molecule is FC(F)OCc1c2ccccc2cc2ccccc12. The van der Waals surface area contributed by atoms with E-state index < -0.39 is 6.61 Å². The van der Waals surface area contributed by atoms with Crippen LogP contribution in [0.5, 0.6) is 0 Å². The Balaban J connectivity index is 2.26. The second-order valence-corrected chi connectivity index (χ2v) is 4.37. The lowest BCUT2D eigenvalue weighted by molar-refractivity contribution is -0.136. The Morgan fingerprint density at radius 2 is 1.37 bits per heavy atom. The van der Waals surface area contributed by atoms with Crippen molar-refractivity contribution in [2.45, 2.75) is 13.2 Å². The summed E-state index contributed by atoms with van der Waals surface area (Å²) in [5, 5.41) is 3.99. The van der Waals surface area contributed by atoms with Gasteiger partial charge in [0.2, 0.25) is 0 Å². The summed E-state index contributed by atoms with van der Waals surface area (Å²) in [6, 6.07) is 17.6. The van der Waals surface area contributed by atoms with E-state index in [1.54, 1.807) is 0 Å². The van der Waals surface area contributed by atoms with Gasteiger partial charge in [-0.2, -0.15) is 8.78 Å². The molecule has 0 aliphatic heterocycles. The second kappa shape index (κ2) is 4.94. The van der Waals surface area contributed by atoms with Gasteiger partial charge in [0.1, 0.15) is 0 Å². The molecule has 0 bridgehead atoms. The van der Waals surface area contributed by atoms with Gasteiger partial charge in [-0.05, 0) is 33.2 Å². The molecule has 96 valence electrons. The lowest BCUT2D eigenvalue weighted by Gasteiger charge is -2.11. The summed E-state index contributed by atoms with van der Waals surface area (Å²) >= 11 is 0. The molecule has 3 aromatic carbocycles. The van der Waals surface area contributed by atoms with Crippen LogP contribution >= 0.6 is 0 Å². The Hall–Kier alpha value is -2.00. The summed E-state index contributed by atoms with van der Waals surface area (Å²) in [7, 11) is 0. The fourth-order valence-electron chi connectivity index (χ4n) is 2.41. The Bertz CT molecular complexity index is 668. The molecule has 3 rings (SSSR count). The Morgan fingerprint density at radius 1 is 0.842 bits per heavy atom. The first kappa shape index (κ1) is 12.1. The third-order valence-corrected chi connectivity index (χ3v) is 3.24. The van der Waals surface area contributed by atoms with E-state index in [0.29, 0.717) is 0 Å². The standard InChI is InChI=1S/C16H12F2O/c17-16(18)19-10-15-13-7-3-1-5-11(13)9-12-6-2-4-8-14(12)15/h1-9,16H,10H2. The van der Waals surface area contributed by atoms with Crippen molar-refractivity contribution < 1.29 is 13.5 Å². The van der Waals surface area contributed by atoms with Gasteiger partial charge in [-0.15, -0.1) is 0 Å². The van der Waals surface area contributed by atoms with Crippen LogP contribution in [0.4, 0.5) is 8.78 Å². The van der Waals surface area contributed by atoms with Crippen LogP contribution in [0.15, 0.2) is 54.6 Å². The maximum Gasteiger partial charge on any atom is 0.345 e. The first-order valence-electron chi connectivity index (χ1n) is 6.05. The third-order valence-electron chi connectivity index (χ3n) is 3.24. The van der Waals surface area contributed by atoms with Crippen molar-refractivity contribution in [2.24, 2.45) is 0 Å². The molecule has 3 heteroatoms. The molecule has 0 aromatic heterocycles. The number of hydrogen-bond donors (Lipinski definition) is 0. The molecule has 1 nitrogen and oxygen atoms in total. The molecule has 19 heavy (non-hydrogen) atoms. The molecule has 0 amide bonds. The van der Waals surface area contributed by atoms with Gasteiger partial charge in [-0.25, -0.2) is 0 Å². The fraction of sp³-hybridized carbons (Fsp3) is 0.125. The molecule has 0 unspecified atom stereocenters. The second-order valence-electron chi connectivity index (χ2n) is 4.37. The average molecular weight is 258 g/mol. The molecule has 0 fully saturated rings. The summed E-state index contributed by atoms with van der Waals surface area (Å²) < 4.78 is 29.1. The highest BCUT2D eigenvalue weighted by Gasteiger charge is 2.10. The highest BCUT2D eigenvalue weighted by atomic mass is 19.3. The molecule has 0 aliphatic rings. The minimum absolute atomic E-state index is 0.0838. The molecule has 0 saturated carbocycles. The van der Waals surface area contributed by atoms with E-state index in [-0.39, 0.29) is 6.61 Å². The lowest BCUT2D eigenvalue weighted by atomic mass is 9.97. The van der Waals surface area contributed by atoms with Gasteiger partial charge in [0.25, 0.3) is 0 Å². The molecule has 0 radical (unpaired) electrons. The molecular weight excluding hydrogens is 246 g/mol. The zero-order valence-electron chi connectivity index (χ0n) is 10.1. The van der Waals surface area contributed by atoms with Gasteiger partial charge in [0.15, 0.2) is 0 Å². The van der Waals surface area contributed by atoms with Gasteiger partial charge in [0, 0.05) is 0 Å². The van der Waals surface area contributed by atoms with Crippen LogP contribution in [0.3, 0.4) is 0 Å². The van der Waals surface area contributed by atoms with Crippen molar-refractivity contribution in [3.8, 4) is 0 Å². The predicted molar refractivity (Wildman–Crippen MR) is 72.2 cm³/mol. The Labute approximate surface area is 109 Å². The molecular formula is C16H12F2O. The van der Waals surface area contributed by atoms with E-state index in [1.807, 2.05) is 48.5 Å². The predicted octanol–water partition coefficient (Wildman–Crippen LogP) is 4.73. The number of rotatable bonds is 3. The number of ether oxygens (including phenoxy) is 1. The van der Waals surface area contributed by atoms with Crippen LogP contribution in [-0.4, -0.2) is 6.61 Å². The molecule has 0 spiro atoms. The van der Waals surface area contributed by atoms with E-state index in [2.05, 4.69) is 10.8 Å². The molecule has 0 aliphatic carbocycles. The zero-order chi connectivity index (χ0) is 13.2. The minimum Gasteiger partial charge on any atom is -0.318 e. The van der Waals surface area contributed by atoms with E-state index >= 15 is 0 Å². The average Bonchev–Trinajstić information content (AvgIpc) is 2.43. The smallest absolute Gasteiger partial charge is 0.318 e. The topological polar surface area (TPSA) is 9.23 Å². The maximum absolute atomic E-state index is 12.3. The third kappa shape index (κ3) is 2.29. The van der Waals surface area contributed by atoms with Crippen molar-refractivity contribution in [1.82, 2.24) is 0 Å². The number of benzene rings is 3. The Morgan fingerprint density at radius 3 is 1.89 bits per heavy atom. The highest BCUT2D eigenvalue weighted by Crippen LogP contribution is 2.29. The van der Waals surface area contributed by atoms with Crippen molar-refractivity contribution in [1.29, 1.82) is 0 Å². The van der Waals surface area contributed by atoms with Crippen molar-refractivity contribution in [3.63, 3.8) is 0 Å². The van der Waals surface area contributed by atoms with Crippen molar-refractivity contribution >= 4 is 21.5 Å². The molecule has 0 saturated heterocycles. The van der Waals surface area contributed by atoms with Gasteiger partial charge in [-0.3, -0.25) is 0 Å². The highest BCUT2D eigenvalue weighted by molar-refractivity contribution is 6.02. The largest absolute Gasteiger partial charge is 0.345 e. The van der Waals surface area contributed by atoms with Crippen LogP contribution in [-0.2, 0) is 11.3 Å². The van der Waals surface area contributed by atoms with Crippen LogP contribution in [0, 0.1) is 0 Å². The van der Waals surface area contributed by atoms with Gasteiger partial charge in [-0.1, -0.05) is 48.5 Å². The summed E-state index contributed by atoms with van der Waals surface area (Å²) in [6.07, 6.45) is 0. The molecule has 0 N–H and O–H groups in total.